The van der Waals surface area contributed by atoms with E-state index in [2.05, 4.69) is 20.9 Å². The second-order valence-electron chi connectivity index (χ2n) is 5.78. The molecule has 1 aliphatic heterocycles. The van der Waals surface area contributed by atoms with E-state index in [4.69, 9.17) is 14.2 Å². The van der Waals surface area contributed by atoms with E-state index in [-0.39, 0.29) is 17.3 Å². The van der Waals surface area contributed by atoms with Gasteiger partial charge in [0.05, 0.1) is 11.6 Å². The van der Waals surface area contributed by atoms with Crippen LogP contribution in [0.5, 0.6) is 11.5 Å². The number of esters is 2. The Morgan fingerprint density at radius 1 is 1.26 bits per heavy atom. The molecular weight excluding hydrogens is 414 g/mol. The zero-order valence-corrected chi connectivity index (χ0v) is 16.5. The molecule has 0 saturated carbocycles. The van der Waals surface area contributed by atoms with E-state index in [9.17, 15) is 9.59 Å². The van der Waals surface area contributed by atoms with Crippen LogP contribution in [0.3, 0.4) is 0 Å². The fourth-order valence-electron chi connectivity index (χ4n) is 2.56. The van der Waals surface area contributed by atoms with Crippen molar-refractivity contribution in [2.24, 2.45) is 4.99 Å². The largest absolute Gasteiger partial charge is 0.493 e. The van der Waals surface area contributed by atoms with Gasteiger partial charge < -0.3 is 14.2 Å². The van der Waals surface area contributed by atoms with Gasteiger partial charge in [-0.15, -0.1) is 0 Å². The molecule has 1 aliphatic rings. The molecule has 0 N–H and O–H groups in total. The first-order chi connectivity index (χ1) is 12.9. The van der Waals surface area contributed by atoms with Crippen molar-refractivity contribution >= 4 is 39.8 Å². The van der Waals surface area contributed by atoms with Gasteiger partial charge in [0, 0.05) is 12.5 Å². The highest BCUT2D eigenvalue weighted by molar-refractivity contribution is 9.10. The number of halogens is 1. The molecule has 0 aromatic heterocycles. The van der Waals surface area contributed by atoms with Crippen molar-refractivity contribution in [1.82, 2.24) is 0 Å². The third-order valence-corrected chi connectivity index (χ3v) is 4.39. The van der Waals surface area contributed by atoms with Crippen LogP contribution in [0.2, 0.25) is 0 Å². The van der Waals surface area contributed by atoms with Crippen molar-refractivity contribution in [3.05, 3.63) is 63.3 Å². The minimum Gasteiger partial charge on any atom is -0.493 e. The molecule has 0 saturated heterocycles. The molecule has 0 spiro atoms. The lowest BCUT2D eigenvalue weighted by Gasteiger charge is -2.11. The summed E-state index contributed by atoms with van der Waals surface area (Å²) in [6.45, 7) is 3.22. The molecule has 0 bridgehead atoms. The monoisotopic (exact) mass is 429 g/mol. The van der Waals surface area contributed by atoms with E-state index in [1.54, 1.807) is 18.2 Å². The number of aliphatic imine (C=N–C) groups is 1. The maximum atomic E-state index is 12.2. The van der Waals surface area contributed by atoms with E-state index < -0.39 is 11.9 Å². The number of hydrogen-bond donors (Lipinski definition) is 0. The average Bonchev–Trinajstić information content (AvgIpc) is 2.97. The number of aryl methyl sites for hydroxylation is 1. The first kappa shape index (κ1) is 18.8. The van der Waals surface area contributed by atoms with Crippen LogP contribution in [0.1, 0.15) is 23.6 Å². The number of cyclic esters (lactones) is 1. The summed E-state index contributed by atoms with van der Waals surface area (Å²) in [6.07, 6.45) is 1.58. The quantitative estimate of drug-likeness (QED) is 0.416. The van der Waals surface area contributed by atoms with Crippen molar-refractivity contribution in [3.8, 4) is 11.5 Å². The zero-order chi connectivity index (χ0) is 19.6. The zero-order valence-electron chi connectivity index (χ0n) is 14.9. The first-order valence-electron chi connectivity index (χ1n) is 8.03. The summed E-state index contributed by atoms with van der Waals surface area (Å²) >= 11 is 3.35. The number of rotatable bonds is 4. The fourth-order valence-corrected chi connectivity index (χ4v) is 3.10. The number of carbonyl (C=O) groups is 2. The van der Waals surface area contributed by atoms with Gasteiger partial charge in [-0.3, -0.25) is 4.79 Å². The molecule has 1 heterocycles. The Morgan fingerprint density at radius 3 is 2.67 bits per heavy atom. The maximum Gasteiger partial charge on any atom is 0.363 e. The minimum atomic E-state index is -0.535. The molecule has 7 heteroatoms. The molecule has 0 amide bonds. The third-order valence-electron chi connectivity index (χ3n) is 3.80. The van der Waals surface area contributed by atoms with Gasteiger partial charge in [-0.1, -0.05) is 18.2 Å². The van der Waals surface area contributed by atoms with Gasteiger partial charge in [0.15, 0.2) is 17.2 Å². The molecule has 0 radical (unpaired) electrons. The van der Waals surface area contributed by atoms with Crippen molar-refractivity contribution in [1.29, 1.82) is 0 Å². The normalized spacial score (nSPS) is 14.7. The second kappa shape index (κ2) is 7.75. The van der Waals surface area contributed by atoms with Gasteiger partial charge in [0.25, 0.3) is 0 Å². The van der Waals surface area contributed by atoms with Crippen molar-refractivity contribution in [3.63, 3.8) is 0 Å². The fraction of sp³-hybridized carbons (Fsp3) is 0.150. The molecule has 0 unspecified atom stereocenters. The molecule has 3 rings (SSSR count). The SMILES string of the molecule is COc1cc(/C=C2\N=C(c3ccccc3C)OC2=O)cc(Br)c1OC(C)=O. The van der Waals surface area contributed by atoms with Gasteiger partial charge >= 0.3 is 11.9 Å². The van der Waals surface area contributed by atoms with Crippen molar-refractivity contribution < 1.29 is 23.8 Å². The molecule has 2 aromatic carbocycles. The number of nitrogens with zero attached hydrogens (tertiary/aromatic N) is 1. The van der Waals surface area contributed by atoms with Crippen LogP contribution in [0, 0.1) is 6.92 Å². The molecule has 0 fully saturated rings. The standard InChI is InChI=1S/C20H16BrNO5/c1-11-6-4-5-7-14(11)19-22-16(20(24)27-19)9-13-8-15(21)18(26-12(2)23)17(10-13)25-3/h4-10H,1-3H3/b16-9-. The highest BCUT2D eigenvalue weighted by Crippen LogP contribution is 2.37. The van der Waals surface area contributed by atoms with Gasteiger partial charge in [-0.25, -0.2) is 9.79 Å². The molecular formula is C20H16BrNO5. The molecule has 0 atom stereocenters. The van der Waals surface area contributed by atoms with E-state index in [1.807, 2.05) is 31.2 Å². The van der Waals surface area contributed by atoms with Gasteiger partial charge in [0.1, 0.15) is 0 Å². The lowest BCUT2D eigenvalue weighted by molar-refractivity contribution is -0.132. The van der Waals surface area contributed by atoms with Crippen molar-refractivity contribution in [2.75, 3.05) is 7.11 Å². The highest BCUT2D eigenvalue weighted by atomic mass is 79.9. The minimum absolute atomic E-state index is 0.169. The van der Waals surface area contributed by atoms with E-state index in [1.165, 1.54) is 14.0 Å². The average molecular weight is 430 g/mol. The topological polar surface area (TPSA) is 74.2 Å². The Hall–Kier alpha value is -2.93. The van der Waals surface area contributed by atoms with Gasteiger partial charge in [0.2, 0.25) is 5.90 Å². The summed E-state index contributed by atoms with van der Waals surface area (Å²) in [7, 11) is 1.46. The predicted octanol–water partition coefficient (Wildman–Crippen LogP) is 4.04. The summed E-state index contributed by atoms with van der Waals surface area (Å²) in [5.74, 6) is -0.114. The Morgan fingerprint density at radius 2 is 2.00 bits per heavy atom. The second-order valence-corrected chi connectivity index (χ2v) is 6.63. The van der Waals surface area contributed by atoms with Crippen molar-refractivity contribution in [2.45, 2.75) is 13.8 Å². The third kappa shape index (κ3) is 4.09. The van der Waals surface area contributed by atoms with Crippen LogP contribution in [0.4, 0.5) is 0 Å². The Balaban J connectivity index is 1.99. The summed E-state index contributed by atoms with van der Waals surface area (Å²) < 4.78 is 16.2. The molecule has 138 valence electrons. The molecule has 6 nitrogen and oxygen atoms in total. The highest BCUT2D eigenvalue weighted by Gasteiger charge is 2.25. The Kier molecular flexibility index (Phi) is 5.41. The molecule has 2 aromatic rings. The number of hydrogen-bond acceptors (Lipinski definition) is 6. The van der Waals surface area contributed by atoms with E-state index in [0.717, 1.165) is 11.1 Å². The van der Waals surface area contributed by atoms with Crippen LogP contribution in [0.15, 0.2) is 51.6 Å². The summed E-state index contributed by atoms with van der Waals surface area (Å²) in [6, 6.07) is 10.9. The Labute approximate surface area is 164 Å². The van der Waals surface area contributed by atoms with Crippen LogP contribution >= 0.6 is 15.9 Å². The lowest BCUT2D eigenvalue weighted by Crippen LogP contribution is -2.06. The number of methoxy groups -OCH3 is 1. The smallest absolute Gasteiger partial charge is 0.363 e. The number of benzene rings is 2. The van der Waals surface area contributed by atoms with Crippen LogP contribution in [0.25, 0.3) is 6.08 Å². The molecule has 27 heavy (non-hydrogen) atoms. The number of carbonyl (C=O) groups excluding carboxylic acids is 2. The lowest BCUT2D eigenvalue weighted by atomic mass is 10.1. The van der Waals surface area contributed by atoms with E-state index >= 15 is 0 Å². The van der Waals surface area contributed by atoms with Crippen LogP contribution in [-0.4, -0.2) is 24.9 Å². The predicted molar refractivity (Wildman–Crippen MR) is 104 cm³/mol. The number of ether oxygens (including phenoxy) is 3. The maximum absolute atomic E-state index is 12.2. The summed E-state index contributed by atoms with van der Waals surface area (Å²) in [5, 5.41) is 0. The first-order valence-corrected chi connectivity index (χ1v) is 8.83. The van der Waals surface area contributed by atoms with Gasteiger partial charge in [-0.2, -0.15) is 0 Å². The van der Waals surface area contributed by atoms with Crippen LogP contribution < -0.4 is 9.47 Å². The Bertz CT molecular complexity index is 994. The summed E-state index contributed by atoms with van der Waals surface area (Å²) in [4.78, 5) is 27.8. The summed E-state index contributed by atoms with van der Waals surface area (Å²) in [5.41, 5.74) is 2.53. The van der Waals surface area contributed by atoms with Gasteiger partial charge in [-0.05, 0) is 58.3 Å². The molecule has 0 aliphatic carbocycles. The van der Waals surface area contributed by atoms with E-state index in [0.29, 0.717) is 15.8 Å². The van der Waals surface area contributed by atoms with Crippen LogP contribution in [-0.2, 0) is 14.3 Å².